The third-order valence-electron chi connectivity index (χ3n) is 8.11. The minimum atomic E-state index is -4.78. The minimum Gasteiger partial charge on any atom is -0.462 e. The van der Waals surface area contributed by atoms with E-state index in [0.717, 1.165) is 64.2 Å². The maximum absolute atomic E-state index is 12.4. The summed E-state index contributed by atoms with van der Waals surface area (Å²) in [5.74, 6) is -0.986. The molecule has 0 rings (SSSR count). The van der Waals surface area contributed by atoms with Crippen molar-refractivity contribution in [3.8, 4) is 0 Å². The fourth-order valence-corrected chi connectivity index (χ4v) is 5.48. The lowest BCUT2D eigenvalue weighted by Crippen LogP contribution is -2.29. The van der Waals surface area contributed by atoms with Gasteiger partial charge in [-0.1, -0.05) is 145 Å². The summed E-state index contributed by atoms with van der Waals surface area (Å²) in [5, 5.41) is 9.86. The number of phosphoric ester groups is 1. The molecule has 51 heavy (non-hydrogen) atoms. The van der Waals surface area contributed by atoms with Crippen LogP contribution in [0.1, 0.15) is 162 Å². The van der Waals surface area contributed by atoms with E-state index in [2.05, 4.69) is 42.7 Å². The molecule has 0 amide bonds. The van der Waals surface area contributed by atoms with E-state index in [4.69, 9.17) is 19.3 Å². The Morgan fingerprint density at radius 1 is 0.608 bits per heavy atom. The van der Waals surface area contributed by atoms with E-state index in [9.17, 15) is 19.3 Å². The number of carbonyl (C=O) groups is 2. The standard InChI is InChI=1S/C41H71O9P/c1-3-5-7-8-9-10-11-12-13-14-17-21-24-27-31-35-41(44)50-39(37-49-51(45,46)47)36-48-40(43)34-30-26-23-20-18-15-16-19-22-25-29-33-38(42)32-28-6-4-2/h10-11,15-16,20,22-23,25,29,33,38-39,42H,3-9,12-14,17-19,21,24,26-28,30-32,34-37H2,1-2H3,(H2,45,46,47)/b11-10-,16-15-,23-20-,25-22-,33-29+/t38-,39-/m1/s1. The molecule has 0 heterocycles. The molecule has 0 unspecified atom stereocenters. The molecule has 0 aromatic heterocycles. The number of aliphatic hydroxyl groups excluding tert-OH is 1. The van der Waals surface area contributed by atoms with Crippen LogP contribution in [0.5, 0.6) is 0 Å². The van der Waals surface area contributed by atoms with Gasteiger partial charge >= 0.3 is 19.8 Å². The van der Waals surface area contributed by atoms with Gasteiger partial charge in [0, 0.05) is 12.8 Å². The Morgan fingerprint density at radius 2 is 1.14 bits per heavy atom. The molecule has 0 aliphatic rings. The zero-order valence-electron chi connectivity index (χ0n) is 31.8. The van der Waals surface area contributed by atoms with E-state index in [1.807, 2.05) is 36.5 Å². The van der Waals surface area contributed by atoms with Gasteiger partial charge in [0.2, 0.25) is 0 Å². The lowest BCUT2D eigenvalue weighted by atomic mass is 10.1. The second-order valence-corrected chi connectivity index (χ2v) is 14.3. The van der Waals surface area contributed by atoms with Gasteiger partial charge in [0.25, 0.3) is 0 Å². The van der Waals surface area contributed by atoms with E-state index in [1.54, 1.807) is 0 Å². The van der Waals surface area contributed by atoms with Gasteiger partial charge in [0.05, 0.1) is 12.7 Å². The lowest BCUT2D eigenvalue weighted by Gasteiger charge is -2.18. The van der Waals surface area contributed by atoms with Crippen LogP contribution in [-0.4, -0.2) is 52.3 Å². The number of carbonyl (C=O) groups excluding carboxylic acids is 2. The molecule has 0 saturated carbocycles. The molecular formula is C41H71O9P. The molecule has 0 aromatic rings. The maximum Gasteiger partial charge on any atom is 0.469 e. The van der Waals surface area contributed by atoms with E-state index < -0.39 is 32.5 Å². The van der Waals surface area contributed by atoms with Crippen molar-refractivity contribution in [1.82, 2.24) is 0 Å². The smallest absolute Gasteiger partial charge is 0.462 e. The first-order valence-electron chi connectivity index (χ1n) is 19.7. The molecule has 0 spiro atoms. The van der Waals surface area contributed by atoms with Crippen molar-refractivity contribution < 1.29 is 43.0 Å². The number of phosphoric acid groups is 1. The summed E-state index contributed by atoms with van der Waals surface area (Å²) < 4.78 is 26.3. The Labute approximate surface area is 309 Å². The van der Waals surface area contributed by atoms with Crippen LogP contribution in [0.4, 0.5) is 0 Å². The van der Waals surface area contributed by atoms with Crippen molar-refractivity contribution in [2.75, 3.05) is 13.2 Å². The summed E-state index contributed by atoms with van der Waals surface area (Å²) in [7, 11) is -4.78. The number of rotatable bonds is 35. The molecule has 0 radical (unpaired) electrons. The van der Waals surface area contributed by atoms with Gasteiger partial charge in [-0.3, -0.25) is 14.1 Å². The number of unbranched alkanes of at least 4 members (excludes halogenated alkanes) is 14. The zero-order chi connectivity index (χ0) is 37.7. The van der Waals surface area contributed by atoms with E-state index in [1.165, 1.54) is 51.4 Å². The highest BCUT2D eigenvalue weighted by Crippen LogP contribution is 2.36. The van der Waals surface area contributed by atoms with Crippen LogP contribution < -0.4 is 0 Å². The molecule has 0 aliphatic heterocycles. The van der Waals surface area contributed by atoms with Gasteiger partial charge in [-0.2, -0.15) is 0 Å². The Hall–Kier alpha value is -2.29. The van der Waals surface area contributed by atoms with Crippen LogP contribution >= 0.6 is 7.82 Å². The average Bonchev–Trinajstić information content (AvgIpc) is 3.09. The van der Waals surface area contributed by atoms with Crippen molar-refractivity contribution in [1.29, 1.82) is 0 Å². The summed E-state index contributed by atoms with van der Waals surface area (Å²) in [6, 6.07) is 0. The first kappa shape index (κ1) is 48.7. The third kappa shape index (κ3) is 38.8. The number of esters is 2. The molecule has 294 valence electrons. The summed E-state index contributed by atoms with van der Waals surface area (Å²) in [6.45, 7) is 3.48. The second kappa shape index (κ2) is 36.1. The highest BCUT2D eigenvalue weighted by molar-refractivity contribution is 7.46. The number of hydrogen-bond donors (Lipinski definition) is 3. The largest absolute Gasteiger partial charge is 0.469 e. The minimum absolute atomic E-state index is 0.168. The predicted molar refractivity (Wildman–Crippen MR) is 208 cm³/mol. The topological polar surface area (TPSA) is 140 Å². The average molecular weight is 739 g/mol. The highest BCUT2D eigenvalue weighted by Gasteiger charge is 2.22. The Morgan fingerprint density at radius 3 is 1.80 bits per heavy atom. The summed E-state index contributed by atoms with van der Waals surface area (Å²) in [4.78, 5) is 42.7. The summed E-state index contributed by atoms with van der Waals surface area (Å²) in [5.41, 5.74) is 0. The van der Waals surface area contributed by atoms with Gasteiger partial charge in [0.1, 0.15) is 6.61 Å². The first-order chi connectivity index (χ1) is 24.7. The predicted octanol–water partition coefficient (Wildman–Crippen LogP) is 10.7. The van der Waals surface area contributed by atoms with Gasteiger partial charge in [-0.15, -0.1) is 0 Å². The Bertz CT molecular complexity index is 1030. The fraction of sp³-hybridized carbons (Fsp3) is 0.707. The SMILES string of the molecule is CCCCCC/C=C\CCCCCCCCCC(=O)O[C@H](COC(=O)CCC/C=C\C/C=C\C/C=C\C=C\[C@H](O)CCCCC)COP(=O)(O)O. The first-order valence-corrected chi connectivity index (χ1v) is 21.2. The molecule has 2 atom stereocenters. The zero-order valence-corrected chi connectivity index (χ0v) is 32.7. The number of hydrogen-bond acceptors (Lipinski definition) is 7. The van der Waals surface area contributed by atoms with Gasteiger partial charge in [0.15, 0.2) is 6.10 Å². The molecule has 0 aromatic carbocycles. The molecule has 0 bridgehead atoms. The highest BCUT2D eigenvalue weighted by atomic mass is 31.2. The normalized spacial score (nSPS) is 13.7. The van der Waals surface area contributed by atoms with Gasteiger partial charge in [-0.25, -0.2) is 4.57 Å². The van der Waals surface area contributed by atoms with Gasteiger partial charge < -0.3 is 24.4 Å². The van der Waals surface area contributed by atoms with E-state index in [0.29, 0.717) is 19.3 Å². The van der Waals surface area contributed by atoms with Crippen molar-refractivity contribution in [3.63, 3.8) is 0 Å². The number of aliphatic hydroxyl groups is 1. The van der Waals surface area contributed by atoms with Crippen molar-refractivity contribution in [2.45, 2.75) is 174 Å². The second-order valence-electron chi connectivity index (χ2n) is 13.1. The van der Waals surface area contributed by atoms with E-state index >= 15 is 0 Å². The molecule has 9 nitrogen and oxygen atoms in total. The van der Waals surface area contributed by atoms with Crippen LogP contribution in [-0.2, 0) is 28.2 Å². The van der Waals surface area contributed by atoms with Crippen LogP contribution in [0, 0.1) is 0 Å². The van der Waals surface area contributed by atoms with E-state index in [-0.39, 0.29) is 25.6 Å². The van der Waals surface area contributed by atoms with Gasteiger partial charge in [-0.05, 0) is 64.2 Å². The molecule has 0 aliphatic carbocycles. The molecule has 0 fully saturated rings. The number of allylic oxidation sites excluding steroid dienone is 9. The lowest BCUT2D eigenvalue weighted by molar-refractivity contribution is -0.161. The quantitative estimate of drug-likeness (QED) is 0.0190. The summed E-state index contributed by atoms with van der Waals surface area (Å²) >= 11 is 0. The van der Waals surface area contributed by atoms with Crippen molar-refractivity contribution in [3.05, 3.63) is 60.8 Å². The molecule has 3 N–H and O–H groups in total. The van der Waals surface area contributed by atoms with Crippen LogP contribution in [0.2, 0.25) is 0 Å². The van der Waals surface area contributed by atoms with Crippen molar-refractivity contribution >= 4 is 19.8 Å². The Balaban J connectivity index is 4.11. The maximum atomic E-state index is 12.4. The number of ether oxygens (including phenoxy) is 2. The summed E-state index contributed by atoms with van der Waals surface area (Å²) in [6.07, 6.45) is 41.3. The third-order valence-corrected chi connectivity index (χ3v) is 8.60. The van der Waals surface area contributed by atoms with Crippen LogP contribution in [0.15, 0.2) is 60.8 Å². The van der Waals surface area contributed by atoms with Crippen LogP contribution in [0.3, 0.4) is 0 Å². The van der Waals surface area contributed by atoms with Crippen molar-refractivity contribution in [2.24, 2.45) is 0 Å². The fourth-order valence-electron chi connectivity index (χ4n) is 5.12. The monoisotopic (exact) mass is 738 g/mol. The molecule has 10 heteroatoms. The Kier molecular flexibility index (Phi) is 34.5. The van der Waals surface area contributed by atoms with Crippen LogP contribution in [0.25, 0.3) is 0 Å². The molecule has 0 saturated heterocycles. The molecular weight excluding hydrogens is 667 g/mol.